The van der Waals surface area contributed by atoms with E-state index in [0.717, 1.165) is 5.56 Å². The molecule has 0 spiro atoms. The zero-order valence-corrected chi connectivity index (χ0v) is 19.0. The molecule has 0 saturated carbocycles. The summed E-state index contributed by atoms with van der Waals surface area (Å²) >= 11 is 0. The third-order valence-electron chi connectivity index (χ3n) is 4.52. The number of sulfonamides is 1. The first-order chi connectivity index (χ1) is 15.7. The minimum atomic E-state index is -3.87. The van der Waals surface area contributed by atoms with Crippen molar-refractivity contribution in [3.8, 4) is 11.5 Å². The lowest BCUT2D eigenvalue weighted by Crippen LogP contribution is -2.35. The normalized spacial score (nSPS) is 11.9. The third kappa shape index (κ3) is 7.16. The van der Waals surface area contributed by atoms with Crippen LogP contribution in [0.5, 0.6) is 11.5 Å². The van der Waals surface area contributed by atoms with Gasteiger partial charge in [-0.15, -0.1) is 0 Å². The Balaban J connectivity index is 1.47. The predicted octanol–water partition coefficient (Wildman–Crippen LogP) is 3.64. The fourth-order valence-corrected chi connectivity index (χ4v) is 3.69. The summed E-state index contributed by atoms with van der Waals surface area (Å²) in [5.41, 5.74) is 1.40. The molecule has 0 fully saturated rings. The lowest BCUT2D eigenvalue weighted by atomic mass is 10.2. The number of rotatable bonds is 9. The van der Waals surface area contributed by atoms with E-state index in [0.29, 0.717) is 17.2 Å². The van der Waals surface area contributed by atoms with Gasteiger partial charge in [-0.2, -0.15) is 4.72 Å². The molecule has 3 aromatic carbocycles. The van der Waals surface area contributed by atoms with Crippen LogP contribution in [0.4, 0.5) is 5.69 Å². The molecule has 8 nitrogen and oxygen atoms in total. The lowest BCUT2D eigenvalue weighted by Gasteiger charge is -2.14. The second-order valence-electron chi connectivity index (χ2n) is 7.20. The zero-order chi connectivity index (χ0) is 23.8. The van der Waals surface area contributed by atoms with E-state index in [1.807, 2.05) is 37.3 Å². The first kappa shape index (κ1) is 24.0. The van der Waals surface area contributed by atoms with Crippen LogP contribution in [-0.2, 0) is 24.3 Å². The van der Waals surface area contributed by atoms with E-state index in [1.54, 1.807) is 36.4 Å². The molecule has 0 aliphatic heterocycles. The molecule has 3 rings (SSSR count). The van der Waals surface area contributed by atoms with E-state index in [9.17, 15) is 18.0 Å². The van der Waals surface area contributed by atoms with Gasteiger partial charge < -0.3 is 14.8 Å². The number of carbonyl (C=O) groups is 2. The SMILES string of the molecule is Cc1ccc(S(=O)(=O)NCC(=O)OC(C)C(=O)Nc2ccc(Oc3ccccc3)cc2)cc1. The smallest absolute Gasteiger partial charge is 0.321 e. The number of hydrogen-bond donors (Lipinski definition) is 2. The molecule has 0 aromatic heterocycles. The molecule has 0 saturated heterocycles. The summed E-state index contributed by atoms with van der Waals surface area (Å²) in [6.45, 7) is 2.63. The summed E-state index contributed by atoms with van der Waals surface area (Å²) in [6.07, 6.45) is -1.12. The Kier molecular flexibility index (Phi) is 7.81. The number of ether oxygens (including phenoxy) is 2. The van der Waals surface area contributed by atoms with E-state index >= 15 is 0 Å². The highest BCUT2D eigenvalue weighted by Gasteiger charge is 2.20. The van der Waals surface area contributed by atoms with Gasteiger partial charge in [0.15, 0.2) is 6.10 Å². The summed E-state index contributed by atoms with van der Waals surface area (Å²) < 4.78 is 37.4. The second kappa shape index (κ2) is 10.8. The van der Waals surface area contributed by atoms with Crippen LogP contribution in [0.3, 0.4) is 0 Å². The van der Waals surface area contributed by atoms with Gasteiger partial charge in [0.25, 0.3) is 5.91 Å². The van der Waals surface area contributed by atoms with Gasteiger partial charge in [-0.05, 0) is 62.4 Å². The number of amides is 1. The van der Waals surface area contributed by atoms with E-state index in [4.69, 9.17) is 9.47 Å². The van der Waals surface area contributed by atoms with E-state index in [1.165, 1.54) is 19.1 Å². The fourth-order valence-electron chi connectivity index (χ4n) is 2.72. The van der Waals surface area contributed by atoms with E-state index < -0.39 is 34.5 Å². The van der Waals surface area contributed by atoms with Crippen LogP contribution in [0, 0.1) is 6.92 Å². The molecule has 0 bridgehead atoms. The number of aryl methyl sites for hydroxylation is 1. The van der Waals surface area contributed by atoms with Gasteiger partial charge in [-0.1, -0.05) is 35.9 Å². The molecule has 172 valence electrons. The molecular weight excluding hydrogens is 444 g/mol. The number of carbonyl (C=O) groups excluding carboxylic acids is 2. The van der Waals surface area contributed by atoms with Gasteiger partial charge in [0.05, 0.1) is 4.90 Å². The van der Waals surface area contributed by atoms with Crippen molar-refractivity contribution in [3.05, 3.63) is 84.4 Å². The van der Waals surface area contributed by atoms with Crippen LogP contribution in [-0.4, -0.2) is 32.9 Å². The second-order valence-corrected chi connectivity index (χ2v) is 8.97. The Bertz CT molecular complexity index is 1190. The zero-order valence-electron chi connectivity index (χ0n) is 18.1. The molecule has 0 heterocycles. The average Bonchev–Trinajstić information content (AvgIpc) is 2.80. The molecule has 0 aliphatic rings. The van der Waals surface area contributed by atoms with Crippen molar-refractivity contribution in [2.75, 3.05) is 11.9 Å². The molecule has 1 unspecified atom stereocenters. The predicted molar refractivity (Wildman–Crippen MR) is 124 cm³/mol. The number of anilines is 1. The van der Waals surface area contributed by atoms with Gasteiger partial charge in [0.1, 0.15) is 18.0 Å². The highest BCUT2D eigenvalue weighted by molar-refractivity contribution is 7.89. The fraction of sp³-hybridized carbons (Fsp3) is 0.167. The maximum atomic E-state index is 12.3. The Morgan fingerprint density at radius 2 is 1.48 bits per heavy atom. The summed E-state index contributed by atoms with van der Waals surface area (Å²) in [6, 6.07) is 22.1. The summed E-state index contributed by atoms with van der Waals surface area (Å²) in [5, 5.41) is 2.63. The van der Waals surface area contributed by atoms with Crippen LogP contribution in [0.2, 0.25) is 0 Å². The monoisotopic (exact) mass is 468 g/mol. The summed E-state index contributed by atoms with van der Waals surface area (Å²) in [5.74, 6) is -0.145. The molecule has 0 radical (unpaired) electrons. The molecule has 2 N–H and O–H groups in total. The van der Waals surface area contributed by atoms with E-state index in [2.05, 4.69) is 10.0 Å². The van der Waals surface area contributed by atoms with Crippen molar-refractivity contribution in [2.45, 2.75) is 24.8 Å². The van der Waals surface area contributed by atoms with Crippen LogP contribution in [0.1, 0.15) is 12.5 Å². The number of para-hydroxylation sites is 1. The highest BCUT2D eigenvalue weighted by Crippen LogP contribution is 2.22. The van der Waals surface area contributed by atoms with Crippen molar-refractivity contribution in [2.24, 2.45) is 0 Å². The molecule has 0 aliphatic carbocycles. The number of benzene rings is 3. The van der Waals surface area contributed by atoms with Crippen molar-refractivity contribution < 1.29 is 27.5 Å². The third-order valence-corrected chi connectivity index (χ3v) is 5.93. The van der Waals surface area contributed by atoms with Gasteiger partial charge >= 0.3 is 5.97 Å². The van der Waals surface area contributed by atoms with E-state index in [-0.39, 0.29) is 4.90 Å². The Hall–Kier alpha value is -3.69. The largest absolute Gasteiger partial charge is 0.457 e. The summed E-state index contributed by atoms with van der Waals surface area (Å²) in [4.78, 5) is 24.4. The highest BCUT2D eigenvalue weighted by atomic mass is 32.2. The molecule has 3 aromatic rings. The average molecular weight is 469 g/mol. The van der Waals surface area contributed by atoms with Crippen molar-refractivity contribution in [1.82, 2.24) is 4.72 Å². The van der Waals surface area contributed by atoms with Gasteiger partial charge in [0, 0.05) is 5.69 Å². The molecular formula is C24H24N2O6S. The Labute approximate surface area is 192 Å². The van der Waals surface area contributed by atoms with Gasteiger partial charge in [-0.3, -0.25) is 9.59 Å². The Morgan fingerprint density at radius 1 is 0.879 bits per heavy atom. The van der Waals surface area contributed by atoms with Crippen LogP contribution in [0.15, 0.2) is 83.8 Å². The quantitative estimate of drug-likeness (QED) is 0.464. The Morgan fingerprint density at radius 3 is 2.12 bits per heavy atom. The first-order valence-electron chi connectivity index (χ1n) is 10.1. The van der Waals surface area contributed by atoms with Gasteiger partial charge in [-0.25, -0.2) is 8.42 Å². The van der Waals surface area contributed by atoms with Crippen LogP contribution < -0.4 is 14.8 Å². The molecule has 9 heteroatoms. The van der Waals surface area contributed by atoms with Crippen LogP contribution in [0.25, 0.3) is 0 Å². The van der Waals surface area contributed by atoms with Crippen molar-refractivity contribution in [1.29, 1.82) is 0 Å². The maximum absolute atomic E-state index is 12.3. The standard InChI is InChI=1S/C24H24N2O6S/c1-17-8-14-22(15-9-17)33(29,30)25-16-23(27)31-18(2)24(28)26-19-10-12-21(13-11-19)32-20-6-4-3-5-7-20/h3-15,18,25H,16H2,1-2H3,(H,26,28). The lowest BCUT2D eigenvalue weighted by molar-refractivity contribution is -0.151. The van der Waals surface area contributed by atoms with Crippen molar-refractivity contribution in [3.63, 3.8) is 0 Å². The topological polar surface area (TPSA) is 111 Å². The molecule has 1 atom stereocenters. The van der Waals surface area contributed by atoms with Gasteiger partial charge in [0.2, 0.25) is 10.0 Å². The number of esters is 1. The van der Waals surface area contributed by atoms with Crippen molar-refractivity contribution >= 4 is 27.6 Å². The maximum Gasteiger partial charge on any atom is 0.321 e. The molecule has 1 amide bonds. The minimum absolute atomic E-state index is 0.0337. The molecule has 33 heavy (non-hydrogen) atoms. The number of nitrogens with one attached hydrogen (secondary N) is 2. The first-order valence-corrected chi connectivity index (χ1v) is 11.6. The number of hydrogen-bond acceptors (Lipinski definition) is 6. The van der Waals surface area contributed by atoms with Crippen LogP contribution >= 0.6 is 0 Å². The summed E-state index contributed by atoms with van der Waals surface area (Å²) in [7, 11) is -3.87. The minimum Gasteiger partial charge on any atom is -0.457 e.